The molecule has 0 radical (unpaired) electrons. The van der Waals surface area contributed by atoms with E-state index in [0.29, 0.717) is 18.2 Å². The molecule has 4 N–H and O–H groups in total. The van der Waals surface area contributed by atoms with Gasteiger partial charge in [-0.25, -0.2) is 4.39 Å². The van der Waals surface area contributed by atoms with Crippen molar-refractivity contribution in [1.82, 2.24) is 0 Å². The molecule has 1 atom stereocenters. The van der Waals surface area contributed by atoms with E-state index in [9.17, 15) is 9.18 Å². The van der Waals surface area contributed by atoms with E-state index in [-0.39, 0.29) is 11.3 Å². The summed E-state index contributed by atoms with van der Waals surface area (Å²) in [7, 11) is 0. The topological polar surface area (TPSA) is 78.3 Å². The number of hydrogen-bond acceptors (Lipinski definition) is 3. The van der Waals surface area contributed by atoms with Crippen molar-refractivity contribution in [2.75, 3.05) is 6.54 Å². The Bertz CT molecular complexity index is 704. The summed E-state index contributed by atoms with van der Waals surface area (Å²) in [5.41, 5.74) is 11.9. The molecule has 4 nitrogen and oxygen atoms in total. The van der Waals surface area contributed by atoms with E-state index >= 15 is 0 Å². The molecule has 2 rings (SSSR count). The van der Waals surface area contributed by atoms with Crippen molar-refractivity contribution >= 4 is 5.91 Å². The standard InChI is InChI=1S/C19H23FN2O2/c1-13(12-21)5-4-7-14-6-2-3-8-17(14)24-18-10-9-15(19(22)23)11-16(18)20/h2-3,6,8-11,13H,4-5,7,12,21H2,1H3,(H2,22,23). The molecule has 0 heterocycles. The third-order valence-corrected chi connectivity index (χ3v) is 3.95. The molecular weight excluding hydrogens is 307 g/mol. The predicted molar refractivity (Wildman–Crippen MR) is 92.6 cm³/mol. The lowest BCUT2D eigenvalue weighted by atomic mass is 10.0. The first kappa shape index (κ1) is 17.9. The third-order valence-electron chi connectivity index (χ3n) is 3.95. The Kier molecular flexibility index (Phi) is 6.32. The van der Waals surface area contributed by atoms with Gasteiger partial charge >= 0.3 is 0 Å². The summed E-state index contributed by atoms with van der Waals surface area (Å²) in [6, 6.07) is 11.5. The van der Waals surface area contributed by atoms with Crippen molar-refractivity contribution in [1.29, 1.82) is 0 Å². The molecule has 24 heavy (non-hydrogen) atoms. The van der Waals surface area contributed by atoms with Gasteiger partial charge in [0.25, 0.3) is 0 Å². The summed E-state index contributed by atoms with van der Waals surface area (Å²) in [5, 5.41) is 0. The van der Waals surface area contributed by atoms with Gasteiger partial charge in [0.15, 0.2) is 11.6 Å². The fraction of sp³-hybridized carbons (Fsp3) is 0.316. The van der Waals surface area contributed by atoms with Gasteiger partial charge in [-0.05, 0) is 61.6 Å². The first-order valence-electron chi connectivity index (χ1n) is 8.06. The quantitative estimate of drug-likeness (QED) is 0.775. The lowest BCUT2D eigenvalue weighted by molar-refractivity contribution is 0.1000. The van der Waals surface area contributed by atoms with Crippen LogP contribution >= 0.6 is 0 Å². The Hall–Kier alpha value is -2.40. The Morgan fingerprint density at radius 3 is 2.62 bits per heavy atom. The second kappa shape index (κ2) is 8.45. The Morgan fingerprint density at radius 2 is 1.96 bits per heavy atom. The number of halogens is 1. The van der Waals surface area contributed by atoms with E-state index in [0.717, 1.165) is 30.9 Å². The van der Waals surface area contributed by atoms with Crippen LogP contribution in [0.4, 0.5) is 4.39 Å². The first-order chi connectivity index (χ1) is 11.5. The van der Waals surface area contributed by atoms with Crippen LogP contribution in [0.5, 0.6) is 11.5 Å². The molecule has 0 aromatic heterocycles. The number of benzene rings is 2. The fourth-order valence-corrected chi connectivity index (χ4v) is 2.42. The number of rotatable bonds is 8. The van der Waals surface area contributed by atoms with E-state index < -0.39 is 11.7 Å². The summed E-state index contributed by atoms with van der Waals surface area (Å²) in [6.07, 6.45) is 2.86. The number of carbonyl (C=O) groups excluding carboxylic acids is 1. The molecule has 1 amide bonds. The van der Waals surface area contributed by atoms with Crippen LogP contribution in [0.15, 0.2) is 42.5 Å². The molecule has 2 aromatic rings. The third kappa shape index (κ3) is 4.80. The number of amides is 1. The molecule has 2 aromatic carbocycles. The summed E-state index contributed by atoms with van der Waals surface area (Å²) in [4.78, 5) is 11.1. The molecule has 0 saturated heterocycles. The van der Waals surface area contributed by atoms with E-state index in [2.05, 4.69) is 6.92 Å². The molecule has 0 aliphatic heterocycles. The van der Waals surface area contributed by atoms with Gasteiger partial charge in [0.1, 0.15) is 5.75 Å². The number of ether oxygens (including phenoxy) is 1. The number of nitrogens with two attached hydrogens (primary N) is 2. The van der Waals surface area contributed by atoms with Gasteiger partial charge in [-0.15, -0.1) is 0 Å². The zero-order valence-electron chi connectivity index (χ0n) is 13.8. The zero-order valence-corrected chi connectivity index (χ0v) is 13.8. The lowest BCUT2D eigenvalue weighted by Crippen LogP contribution is -2.11. The van der Waals surface area contributed by atoms with Gasteiger partial charge in [0, 0.05) is 5.56 Å². The molecule has 1 unspecified atom stereocenters. The van der Waals surface area contributed by atoms with Gasteiger partial charge in [0.2, 0.25) is 5.91 Å². The highest BCUT2D eigenvalue weighted by atomic mass is 19.1. The monoisotopic (exact) mass is 330 g/mol. The van der Waals surface area contributed by atoms with Crippen LogP contribution < -0.4 is 16.2 Å². The molecule has 5 heteroatoms. The highest BCUT2D eigenvalue weighted by Crippen LogP contribution is 2.29. The second-order valence-electron chi connectivity index (χ2n) is 5.95. The van der Waals surface area contributed by atoms with Crippen molar-refractivity contribution < 1.29 is 13.9 Å². The minimum absolute atomic E-state index is 0.0720. The van der Waals surface area contributed by atoms with Gasteiger partial charge in [-0.1, -0.05) is 25.1 Å². The van der Waals surface area contributed by atoms with Crippen LogP contribution in [-0.4, -0.2) is 12.5 Å². The number of aryl methyl sites for hydroxylation is 1. The molecule has 0 aliphatic carbocycles. The minimum Gasteiger partial charge on any atom is -0.454 e. The lowest BCUT2D eigenvalue weighted by Gasteiger charge is -2.13. The highest BCUT2D eigenvalue weighted by molar-refractivity contribution is 5.92. The van der Waals surface area contributed by atoms with Crippen LogP contribution in [0.3, 0.4) is 0 Å². The van der Waals surface area contributed by atoms with Gasteiger partial charge in [-0.2, -0.15) is 0 Å². The van der Waals surface area contributed by atoms with E-state index in [1.54, 1.807) is 0 Å². The van der Waals surface area contributed by atoms with E-state index in [1.165, 1.54) is 12.1 Å². The largest absolute Gasteiger partial charge is 0.454 e. The number of primary amides is 1. The van der Waals surface area contributed by atoms with Crippen molar-refractivity contribution in [2.24, 2.45) is 17.4 Å². The van der Waals surface area contributed by atoms with Crippen molar-refractivity contribution in [2.45, 2.75) is 26.2 Å². The average Bonchev–Trinajstić information content (AvgIpc) is 2.57. The number of hydrogen-bond donors (Lipinski definition) is 2. The van der Waals surface area contributed by atoms with Crippen LogP contribution in [0.25, 0.3) is 0 Å². The van der Waals surface area contributed by atoms with Gasteiger partial charge in [0.05, 0.1) is 0 Å². The van der Waals surface area contributed by atoms with Crippen molar-refractivity contribution in [3.05, 3.63) is 59.4 Å². The summed E-state index contributed by atoms with van der Waals surface area (Å²) in [6.45, 7) is 2.80. The SMILES string of the molecule is CC(CN)CCCc1ccccc1Oc1ccc(C(N)=O)cc1F. The van der Waals surface area contributed by atoms with Crippen molar-refractivity contribution in [3.63, 3.8) is 0 Å². The van der Waals surface area contributed by atoms with Crippen LogP contribution in [0, 0.1) is 11.7 Å². The van der Waals surface area contributed by atoms with Gasteiger partial charge < -0.3 is 16.2 Å². The second-order valence-corrected chi connectivity index (χ2v) is 5.95. The smallest absolute Gasteiger partial charge is 0.248 e. The summed E-state index contributed by atoms with van der Waals surface area (Å²) < 4.78 is 19.8. The van der Waals surface area contributed by atoms with E-state index in [1.807, 2.05) is 24.3 Å². The zero-order chi connectivity index (χ0) is 17.5. The summed E-state index contributed by atoms with van der Waals surface area (Å²) >= 11 is 0. The molecule has 128 valence electrons. The molecular formula is C19H23FN2O2. The van der Waals surface area contributed by atoms with Crippen LogP contribution in [0.1, 0.15) is 35.7 Å². The van der Waals surface area contributed by atoms with E-state index in [4.69, 9.17) is 16.2 Å². The molecule has 0 spiro atoms. The Balaban J connectivity index is 2.11. The molecule has 0 bridgehead atoms. The Labute approximate surface area is 141 Å². The molecule has 0 fully saturated rings. The summed E-state index contributed by atoms with van der Waals surface area (Å²) in [5.74, 6) is -0.115. The van der Waals surface area contributed by atoms with Gasteiger partial charge in [-0.3, -0.25) is 4.79 Å². The Morgan fingerprint density at radius 1 is 1.21 bits per heavy atom. The number of carbonyl (C=O) groups is 1. The maximum absolute atomic E-state index is 14.1. The number of para-hydroxylation sites is 1. The fourth-order valence-electron chi connectivity index (χ4n) is 2.42. The minimum atomic E-state index is -0.671. The van der Waals surface area contributed by atoms with Crippen molar-refractivity contribution in [3.8, 4) is 11.5 Å². The molecule has 0 aliphatic rings. The highest BCUT2D eigenvalue weighted by Gasteiger charge is 2.11. The van der Waals surface area contributed by atoms with Crippen LogP contribution in [0.2, 0.25) is 0 Å². The first-order valence-corrected chi connectivity index (χ1v) is 8.06. The average molecular weight is 330 g/mol. The van der Waals surface area contributed by atoms with Crippen LogP contribution in [-0.2, 0) is 6.42 Å². The normalized spacial score (nSPS) is 12.0. The predicted octanol–water partition coefficient (Wildman–Crippen LogP) is 3.63. The molecule has 0 saturated carbocycles. The maximum Gasteiger partial charge on any atom is 0.248 e. The maximum atomic E-state index is 14.1.